The summed E-state index contributed by atoms with van der Waals surface area (Å²) in [5.41, 5.74) is 5.84. The molecule has 1 N–H and O–H groups in total. The first-order chi connectivity index (χ1) is 15.2. The number of aryl methyl sites for hydroxylation is 2. The summed E-state index contributed by atoms with van der Waals surface area (Å²) >= 11 is 1.60. The van der Waals surface area contributed by atoms with Crippen LogP contribution in [0, 0.1) is 6.92 Å². The molecule has 2 aromatic heterocycles. The Hall–Kier alpha value is -2.48. The Morgan fingerprint density at radius 1 is 1.19 bits per heavy atom. The molecule has 2 aliphatic rings. The van der Waals surface area contributed by atoms with Crippen molar-refractivity contribution in [2.45, 2.75) is 26.2 Å². The van der Waals surface area contributed by atoms with Gasteiger partial charge in [-0.25, -0.2) is 4.68 Å². The number of thiophene rings is 1. The average molecular weight is 437 g/mol. The van der Waals surface area contributed by atoms with Gasteiger partial charge in [0, 0.05) is 30.1 Å². The molecule has 1 aliphatic heterocycles. The molecule has 1 fully saturated rings. The van der Waals surface area contributed by atoms with Gasteiger partial charge in [0.2, 0.25) is 0 Å². The van der Waals surface area contributed by atoms with Crippen LogP contribution in [0.25, 0.3) is 16.1 Å². The molecule has 0 radical (unpaired) electrons. The molecule has 1 aromatic carbocycles. The number of amides is 1. The summed E-state index contributed by atoms with van der Waals surface area (Å²) in [7, 11) is 0. The van der Waals surface area contributed by atoms with E-state index >= 15 is 0 Å². The number of fused-ring (bicyclic) bond motifs is 3. The minimum atomic E-state index is 0.0380. The molecule has 1 saturated heterocycles. The van der Waals surface area contributed by atoms with Crippen molar-refractivity contribution in [2.75, 3.05) is 39.4 Å². The van der Waals surface area contributed by atoms with Crippen molar-refractivity contribution < 1.29 is 9.53 Å². The van der Waals surface area contributed by atoms with Crippen LogP contribution >= 0.6 is 11.3 Å². The molecule has 6 nitrogen and oxygen atoms in total. The monoisotopic (exact) mass is 436 g/mol. The van der Waals surface area contributed by atoms with Gasteiger partial charge in [-0.2, -0.15) is 5.10 Å². The number of para-hydroxylation sites is 1. The highest BCUT2D eigenvalue weighted by Crippen LogP contribution is 2.42. The van der Waals surface area contributed by atoms with E-state index in [0.29, 0.717) is 6.54 Å². The smallest absolute Gasteiger partial charge is 0.261 e. The van der Waals surface area contributed by atoms with Crippen LogP contribution in [0.3, 0.4) is 0 Å². The number of benzene rings is 1. The number of hydrogen-bond donors (Lipinski definition) is 1. The van der Waals surface area contributed by atoms with Gasteiger partial charge in [0.05, 0.1) is 35.2 Å². The summed E-state index contributed by atoms with van der Waals surface area (Å²) in [6, 6.07) is 12.4. The van der Waals surface area contributed by atoms with E-state index in [-0.39, 0.29) is 5.91 Å². The van der Waals surface area contributed by atoms with Crippen LogP contribution in [-0.2, 0) is 17.6 Å². The summed E-state index contributed by atoms with van der Waals surface area (Å²) in [4.78, 5) is 17.2. The standard InChI is InChI=1S/C24H28N4O2S/c1-17-22-20(28(26-17)19-6-3-2-4-7-19)9-8-18-16-21(31-23(18)22)24(29)25-10-5-11-27-12-14-30-15-13-27/h2-4,6-7,16H,5,8-15H2,1H3,(H,25,29). The Kier molecular flexibility index (Phi) is 5.89. The summed E-state index contributed by atoms with van der Waals surface area (Å²) in [5.74, 6) is 0.0380. The first-order valence-electron chi connectivity index (χ1n) is 11.1. The Labute approximate surface area is 186 Å². The van der Waals surface area contributed by atoms with E-state index in [9.17, 15) is 4.79 Å². The normalized spacial score (nSPS) is 16.0. The highest BCUT2D eigenvalue weighted by atomic mass is 32.1. The molecule has 0 spiro atoms. The quantitative estimate of drug-likeness (QED) is 0.601. The van der Waals surface area contributed by atoms with Gasteiger partial charge in [-0.3, -0.25) is 9.69 Å². The van der Waals surface area contributed by atoms with E-state index in [1.165, 1.54) is 21.7 Å². The second-order valence-electron chi connectivity index (χ2n) is 8.18. The Bertz CT molecular complexity index is 1070. The largest absolute Gasteiger partial charge is 0.379 e. The molecular weight excluding hydrogens is 408 g/mol. The Morgan fingerprint density at radius 2 is 2.00 bits per heavy atom. The van der Waals surface area contributed by atoms with Gasteiger partial charge < -0.3 is 10.1 Å². The second-order valence-corrected chi connectivity index (χ2v) is 9.24. The van der Waals surface area contributed by atoms with E-state index in [2.05, 4.69) is 40.0 Å². The van der Waals surface area contributed by atoms with Crippen LogP contribution in [0.1, 0.15) is 33.0 Å². The van der Waals surface area contributed by atoms with Gasteiger partial charge in [0.15, 0.2) is 0 Å². The molecular formula is C24H28N4O2S. The fourth-order valence-electron chi connectivity index (χ4n) is 4.49. The van der Waals surface area contributed by atoms with Gasteiger partial charge >= 0.3 is 0 Å². The summed E-state index contributed by atoms with van der Waals surface area (Å²) in [6.07, 6.45) is 2.85. The lowest BCUT2D eigenvalue weighted by Gasteiger charge is -2.26. The zero-order valence-electron chi connectivity index (χ0n) is 17.9. The highest BCUT2D eigenvalue weighted by molar-refractivity contribution is 7.17. The highest BCUT2D eigenvalue weighted by Gasteiger charge is 2.27. The fraction of sp³-hybridized carbons (Fsp3) is 0.417. The van der Waals surface area contributed by atoms with Crippen molar-refractivity contribution in [3.8, 4) is 16.1 Å². The van der Waals surface area contributed by atoms with Gasteiger partial charge in [-0.1, -0.05) is 18.2 Å². The zero-order valence-corrected chi connectivity index (χ0v) is 18.7. The number of carbonyl (C=O) groups excluding carboxylic acids is 1. The lowest BCUT2D eigenvalue weighted by atomic mass is 9.95. The summed E-state index contributed by atoms with van der Waals surface area (Å²) < 4.78 is 7.45. The molecule has 0 unspecified atom stereocenters. The second kappa shape index (κ2) is 8.94. The molecule has 0 saturated carbocycles. The number of hydrogen-bond acceptors (Lipinski definition) is 5. The molecule has 3 heterocycles. The van der Waals surface area contributed by atoms with E-state index in [1.54, 1.807) is 11.3 Å². The van der Waals surface area contributed by atoms with Crippen molar-refractivity contribution >= 4 is 17.2 Å². The van der Waals surface area contributed by atoms with Crippen molar-refractivity contribution in [3.63, 3.8) is 0 Å². The Balaban J connectivity index is 1.28. The molecule has 0 atom stereocenters. The van der Waals surface area contributed by atoms with Crippen molar-refractivity contribution in [1.29, 1.82) is 0 Å². The Morgan fingerprint density at radius 3 is 2.81 bits per heavy atom. The molecule has 31 heavy (non-hydrogen) atoms. The molecule has 5 rings (SSSR count). The zero-order chi connectivity index (χ0) is 21.2. The van der Waals surface area contributed by atoms with Crippen LogP contribution in [0.5, 0.6) is 0 Å². The third-order valence-electron chi connectivity index (χ3n) is 6.09. The van der Waals surface area contributed by atoms with Crippen LogP contribution in [-0.4, -0.2) is 60.0 Å². The number of carbonyl (C=O) groups is 1. The van der Waals surface area contributed by atoms with E-state index in [0.717, 1.165) is 68.4 Å². The molecule has 7 heteroatoms. The number of aromatic nitrogens is 2. The van der Waals surface area contributed by atoms with Crippen LogP contribution in [0.15, 0.2) is 36.4 Å². The maximum atomic E-state index is 12.8. The van der Waals surface area contributed by atoms with Crippen LogP contribution in [0.4, 0.5) is 0 Å². The maximum Gasteiger partial charge on any atom is 0.261 e. The number of nitrogens with zero attached hydrogens (tertiary/aromatic N) is 3. The summed E-state index contributed by atoms with van der Waals surface area (Å²) in [5, 5.41) is 7.94. The van der Waals surface area contributed by atoms with Gasteiger partial charge in [0.25, 0.3) is 5.91 Å². The number of nitrogens with one attached hydrogen (secondary N) is 1. The van der Waals surface area contributed by atoms with E-state index in [1.807, 2.05) is 18.2 Å². The summed E-state index contributed by atoms with van der Waals surface area (Å²) in [6.45, 7) is 7.39. The minimum Gasteiger partial charge on any atom is -0.379 e. The molecule has 162 valence electrons. The first-order valence-corrected chi connectivity index (χ1v) is 11.9. The predicted molar refractivity (Wildman–Crippen MR) is 123 cm³/mol. The maximum absolute atomic E-state index is 12.8. The number of ether oxygens (including phenoxy) is 1. The predicted octanol–water partition coefficient (Wildman–Crippen LogP) is 3.46. The lowest BCUT2D eigenvalue weighted by Crippen LogP contribution is -2.38. The average Bonchev–Trinajstić information content (AvgIpc) is 3.39. The van der Waals surface area contributed by atoms with Crippen molar-refractivity contribution in [1.82, 2.24) is 20.0 Å². The van der Waals surface area contributed by atoms with Crippen LogP contribution in [0.2, 0.25) is 0 Å². The van der Waals surface area contributed by atoms with Gasteiger partial charge in [-0.05, 0) is 56.5 Å². The SMILES string of the molecule is Cc1nn(-c2ccccc2)c2c1-c1sc(C(=O)NCCCN3CCOCC3)cc1CC2. The molecule has 1 amide bonds. The van der Waals surface area contributed by atoms with Crippen LogP contribution < -0.4 is 5.32 Å². The number of morpholine rings is 1. The number of rotatable bonds is 6. The lowest BCUT2D eigenvalue weighted by molar-refractivity contribution is 0.0374. The van der Waals surface area contributed by atoms with E-state index in [4.69, 9.17) is 9.84 Å². The molecule has 1 aliphatic carbocycles. The third-order valence-corrected chi connectivity index (χ3v) is 7.28. The topological polar surface area (TPSA) is 59.4 Å². The molecule has 3 aromatic rings. The first kappa shape index (κ1) is 20.4. The van der Waals surface area contributed by atoms with E-state index < -0.39 is 0 Å². The molecule has 0 bridgehead atoms. The van der Waals surface area contributed by atoms with Gasteiger partial charge in [0.1, 0.15) is 0 Å². The van der Waals surface area contributed by atoms with Gasteiger partial charge in [-0.15, -0.1) is 11.3 Å². The third kappa shape index (κ3) is 4.18. The van der Waals surface area contributed by atoms with Crippen molar-refractivity contribution in [2.24, 2.45) is 0 Å². The fourth-order valence-corrected chi connectivity index (χ4v) is 5.74. The van der Waals surface area contributed by atoms with Crippen molar-refractivity contribution in [3.05, 3.63) is 58.2 Å². The minimum absolute atomic E-state index is 0.0380.